The van der Waals surface area contributed by atoms with Crippen molar-refractivity contribution < 1.29 is 0 Å². The van der Waals surface area contributed by atoms with Gasteiger partial charge in [0.2, 0.25) is 0 Å². The second-order valence-electron chi connectivity index (χ2n) is 6.87. The summed E-state index contributed by atoms with van der Waals surface area (Å²) in [5.74, 6) is 3.94. The van der Waals surface area contributed by atoms with E-state index in [0.29, 0.717) is 11.8 Å². The van der Waals surface area contributed by atoms with E-state index in [0.717, 1.165) is 23.2 Å². The van der Waals surface area contributed by atoms with Crippen LogP contribution in [0.1, 0.15) is 69.0 Å². The summed E-state index contributed by atoms with van der Waals surface area (Å²) in [5, 5.41) is 4.82. The summed E-state index contributed by atoms with van der Waals surface area (Å²) < 4.78 is 4.22. The van der Waals surface area contributed by atoms with E-state index < -0.39 is 0 Å². The zero-order valence-corrected chi connectivity index (χ0v) is 14.4. The van der Waals surface area contributed by atoms with Crippen LogP contribution in [0.15, 0.2) is 42.7 Å². The monoisotopic (exact) mass is 321 g/mol. The Hall–Kier alpha value is -2.43. The van der Waals surface area contributed by atoms with Crippen LogP contribution in [0, 0.1) is 0 Å². The molecule has 124 valence electrons. The molecule has 1 saturated carbocycles. The first kappa shape index (κ1) is 15.1. The van der Waals surface area contributed by atoms with Crippen LogP contribution in [0.2, 0.25) is 0 Å². The zero-order valence-electron chi connectivity index (χ0n) is 14.4. The maximum Gasteiger partial charge on any atom is 0.155 e. The fourth-order valence-corrected chi connectivity index (χ4v) is 3.11. The van der Waals surface area contributed by atoms with Gasteiger partial charge in [-0.15, -0.1) is 0 Å². The number of aromatic nitrogens is 5. The first-order valence-electron chi connectivity index (χ1n) is 8.70. The molecule has 1 aliphatic carbocycles. The minimum atomic E-state index is 0.0881. The molecule has 0 unspecified atom stereocenters. The molecule has 4 rings (SSSR count). The lowest BCUT2D eigenvalue weighted by atomic mass is 10.2. The number of imidazole rings is 1. The molecule has 1 fully saturated rings. The molecule has 0 radical (unpaired) electrons. The normalized spacial score (nSPS) is 15.8. The summed E-state index contributed by atoms with van der Waals surface area (Å²) in [6.45, 7) is 6.51. The van der Waals surface area contributed by atoms with Crippen LogP contribution < -0.4 is 0 Å². The molecule has 5 heteroatoms. The van der Waals surface area contributed by atoms with Crippen molar-refractivity contribution in [3.8, 4) is 5.69 Å². The van der Waals surface area contributed by atoms with Crippen molar-refractivity contribution in [2.75, 3.05) is 0 Å². The molecule has 1 aliphatic rings. The highest BCUT2D eigenvalue weighted by atomic mass is 15.4. The summed E-state index contributed by atoms with van der Waals surface area (Å²) in [7, 11) is 0. The Bertz CT molecular complexity index is 827. The zero-order chi connectivity index (χ0) is 16.7. The van der Waals surface area contributed by atoms with E-state index >= 15 is 0 Å². The van der Waals surface area contributed by atoms with Crippen molar-refractivity contribution in [3.63, 3.8) is 0 Å². The van der Waals surface area contributed by atoms with E-state index in [1.807, 2.05) is 35.3 Å². The molecular formula is C19H23N5. The number of nitrogens with zero attached hydrogens (tertiary/aromatic N) is 5. The van der Waals surface area contributed by atoms with Crippen molar-refractivity contribution in [1.82, 2.24) is 24.3 Å². The maximum atomic E-state index is 4.91. The molecule has 2 heterocycles. The average molecular weight is 321 g/mol. The summed E-state index contributed by atoms with van der Waals surface area (Å²) in [4.78, 5) is 9.43. The second-order valence-corrected chi connectivity index (χ2v) is 6.87. The Labute approximate surface area is 142 Å². The van der Waals surface area contributed by atoms with Crippen LogP contribution in [0.25, 0.3) is 5.69 Å². The van der Waals surface area contributed by atoms with Gasteiger partial charge in [-0.05, 0) is 31.9 Å². The molecule has 0 amide bonds. The van der Waals surface area contributed by atoms with Gasteiger partial charge in [-0.1, -0.05) is 32.0 Å². The van der Waals surface area contributed by atoms with Gasteiger partial charge in [0.05, 0.1) is 11.7 Å². The average Bonchev–Trinajstić information content (AvgIpc) is 3.16. The van der Waals surface area contributed by atoms with Crippen LogP contribution in [0.5, 0.6) is 0 Å². The van der Waals surface area contributed by atoms with Crippen molar-refractivity contribution >= 4 is 0 Å². The lowest BCUT2D eigenvalue weighted by Gasteiger charge is -2.18. The molecule has 2 aromatic heterocycles. The Morgan fingerprint density at radius 1 is 1.04 bits per heavy atom. The number of para-hydroxylation sites is 1. The SMILES string of the molecule is CC(C)c1nccn1[C@H](C)c1nc(C2CC2)nn1-c1ccccc1. The summed E-state index contributed by atoms with van der Waals surface area (Å²) in [5.41, 5.74) is 1.06. The van der Waals surface area contributed by atoms with Crippen LogP contribution in [0.4, 0.5) is 0 Å². The lowest BCUT2D eigenvalue weighted by molar-refractivity contribution is 0.539. The molecule has 24 heavy (non-hydrogen) atoms. The number of benzene rings is 1. The highest BCUT2D eigenvalue weighted by Crippen LogP contribution is 2.39. The largest absolute Gasteiger partial charge is 0.324 e. The Kier molecular flexibility index (Phi) is 3.71. The Morgan fingerprint density at radius 2 is 1.79 bits per heavy atom. The van der Waals surface area contributed by atoms with E-state index in [4.69, 9.17) is 10.1 Å². The fourth-order valence-electron chi connectivity index (χ4n) is 3.11. The topological polar surface area (TPSA) is 48.5 Å². The quantitative estimate of drug-likeness (QED) is 0.711. The van der Waals surface area contributed by atoms with Gasteiger partial charge in [0.15, 0.2) is 11.6 Å². The third-order valence-corrected chi connectivity index (χ3v) is 4.60. The van der Waals surface area contributed by atoms with E-state index in [9.17, 15) is 0 Å². The highest BCUT2D eigenvalue weighted by molar-refractivity contribution is 5.32. The molecule has 5 nitrogen and oxygen atoms in total. The van der Waals surface area contributed by atoms with Gasteiger partial charge in [0.1, 0.15) is 5.82 Å². The molecule has 0 N–H and O–H groups in total. The van der Waals surface area contributed by atoms with Crippen molar-refractivity contribution in [2.24, 2.45) is 0 Å². The van der Waals surface area contributed by atoms with Crippen molar-refractivity contribution in [1.29, 1.82) is 0 Å². The van der Waals surface area contributed by atoms with Crippen LogP contribution >= 0.6 is 0 Å². The molecule has 1 aromatic carbocycles. The second kappa shape index (κ2) is 5.89. The lowest BCUT2D eigenvalue weighted by Crippen LogP contribution is -2.16. The predicted octanol–water partition coefficient (Wildman–Crippen LogP) is 4.07. The molecule has 0 saturated heterocycles. The van der Waals surface area contributed by atoms with E-state index in [2.05, 4.69) is 42.5 Å². The van der Waals surface area contributed by atoms with Crippen molar-refractivity contribution in [3.05, 3.63) is 60.2 Å². The molecule has 1 atom stereocenters. The van der Waals surface area contributed by atoms with Gasteiger partial charge < -0.3 is 4.57 Å². The molecule has 0 aliphatic heterocycles. The van der Waals surface area contributed by atoms with Gasteiger partial charge in [-0.3, -0.25) is 0 Å². The fraction of sp³-hybridized carbons (Fsp3) is 0.421. The van der Waals surface area contributed by atoms with Gasteiger partial charge in [-0.2, -0.15) is 5.10 Å². The van der Waals surface area contributed by atoms with Crippen LogP contribution in [-0.4, -0.2) is 24.3 Å². The first-order valence-corrected chi connectivity index (χ1v) is 8.70. The van der Waals surface area contributed by atoms with Crippen LogP contribution in [-0.2, 0) is 0 Å². The maximum absolute atomic E-state index is 4.91. The number of hydrogen-bond acceptors (Lipinski definition) is 3. The van der Waals surface area contributed by atoms with Crippen LogP contribution in [0.3, 0.4) is 0 Å². The summed E-state index contributed by atoms with van der Waals surface area (Å²) in [6, 6.07) is 10.4. The van der Waals surface area contributed by atoms with Crippen molar-refractivity contribution in [2.45, 2.75) is 51.5 Å². The van der Waals surface area contributed by atoms with Gasteiger partial charge in [0.25, 0.3) is 0 Å². The highest BCUT2D eigenvalue weighted by Gasteiger charge is 2.31. The third kappa shape index (κ3) is 2.64. The van der Waals surface area contributed by atoms with Gasteiger partial charge >= 0.3 is 0 Å². The minimum Gasteiger partial charge on any atom is -0.324 e. The molecular weight excluding hydrogens is 298 g/mol. The molecule has 0 spiro atoms. The Morgan fingerprint density at radius 3 is 2.46 bits per heavy atom. The number of rotatable bonds is 5. The molecule has 0 bridgehead atoms. The smallest absolute Gasteiger partial charge is 0.155 e. The summed E-state index contributed by atoms with van der Waals surface area (Å²) >= 11 is 0. The number of hydrogen-bond donors (Lipinski definition) is 0. The third-order valence-electron chi connectivity index (χ3n) is 4.60. The minimum absolute atomic E-state index is 0.0881. The predicted molar refractivity (Wildman–Crippen MR) is 93.5 cm³/mol. The molecule has 3 aromatic rings. The van der Waals surface area contributed by atoms with E-state index in [1.54, 1.807) is 0 Å². The van der Waals surface area contributed by atoms with E-state index in [1.165, 1.54) is 12.8 Å². The van der Waals surface area contributed by atoms with E-state index in [-0.39, 0.29) is 6.04 Å². The first-order chi connectivity index (χ1) is 11.6. The standard InChI is InChI=1S/C19H23N5/c1-13(2)18-20-11-12-23(18)14(3)19-21-17(15-9-10-15)22-24(19)16-7-5-4-6-8-16/h4-8,11-15H,9-10H2,1-3H3/t14-/m1/s1. The van der Waals surface area contributed by atoms with Gasteiger partial charge in [-0.25, -0.2) is 14.6 Å². The van der Waals surface area contributed by atoms with Gasteiger partial charge in [0, 0.05) is 24.2 Å². The Balaban J connectivity index is 1.80. The summed E-state index contributed by atoms with van der Waals surface area (Å²) in [6.07, 6.45) is 6.32.